The zero-order chi connectivity index (χ0) is 26.6. The summed E-state index contributed by atoms with van der Waals surface area (Å²) in [6.07, 6.45) is 1.34. The van der Waals surface area contributed by atoms with Crippen molar-refractivity contribution in [3.05, 3.63) is 52.2 Å². The molecule has 2 amide bonds. The SMILES string of the molecule is CC(C)(O/N=C(\C(=O)NC1CN(/C(=C/c2ccc(CCl)cc2)C(=O)O)C1=O)c1csc(N)n1)C(=O)O. The van der Waals surface area contributed by atoms with E-state index >= 15 is 0 Å². The van der Waals surface area contributed by atoms with Gasteiger partial charge in [0, 0.05) is 11.3 Å². The number of nitrogens with one attached hydrogen (secondary N) is 1. The van der Waals surface area contributed by atoms with Crippen LogP contribution >= 0.6 is 22.9 Å². The van der Waals surface area contributed by atoms with E-state index in [4.69, 9.17) is 22.2 Å². The van der Waals surface area contributed by atoms with E-state index in [1.807, 2.05) is 0 Å². The van der Waals surface area contributed by atoms with Gasteiger partial charge in [-0.15, -0.1) is 22.9 Å². The number of benzene rings is 1. The van der Waals surface area contributed by atoms with E-state index in [0.29, 0.717) is 11.4 Å². The number of carboxylic acid groups (broad SMARTS) is 2. The molecule has 1 aromatic carbocycles. The molecular weight excluding hydrogens is 514 g/mol. The monoisotopic (exact) mass is 535 g/mol. The minimum Gasteiger partial charge on any atom is -0.478 e. The number of aliphatic carboxylic acids is 2. The molecule has 190 valence electrons. The third kappa shape index (κ3) is 5.98. The summed E-state index contributed by atoms with van der Waals surface area (Å²) < 4.78 is 0. The molecule has 14 heteroatoms. The molecule has 2 heterocycles. The summed E-state index contributed by atoms with van der Waals surface area (Å²) in [6.45, 7) is 2.36. The maximum absolute atomic E-state index is 12.9. The number of nitrogens with two attached hydrogens (primary N) is 1. The lowest BCUT2D eigenvalue weighted by atomic mass is 10.0. The Hall–Kier alpha value is -3.97. The summed E-state index contributed by atoms with van der Waals surface area (Å²) in [5.41, 5.74) is 4.64. The topological polar surface area (TPSA) is 185 Å². The van der Waals surface area contributed by atoms with Gasteiger partial charge in [-0.2, -0.15) is 0 Å². The van der Waals surface area contributed by atoms with Crippen molar-refractivity contribution in [1.29, 1.82) is 0 Å². The van der Waals surface area contributed by atoms with Crippen LogP contribution in [0, 0.1) is 0 Å². The van der Waals surface area contributed by atoms with Gasteiger partial charge >= 0.3 is 11.9 Å². The van der Waals surface area contributed by atoms with Crippen LogP contribution in [0.2, 0.25) is 0 Å². The van der Waals surface area contributed by atoms with Gasteiger partial charge in [0.05, 0.1) is 6.54 Å². The van der Waals surface area contributed by atoms with Crippen molar-refractivity contribution in [2.24, 2.45) is 5.16 Å². The average Bonchev–Trinajstić information content (AvgIpc) is 3.26. The lowest BCUT2D eigenvalue weighted by Gasteiger charge is -2.38. The van der Waals surface area contributed by atoms with Gasteiger partial charge in [0.2, 0.25) is 5.60 Å². The van der Waals surface area contributed by atoms with Gasteiger partial charge in [0.1, 0.15) is 17.4 Å². The Morgan fingerprint density at radius 3 is 2.50 bits per heavy atom. The number of alkyl halides is 1. The Kier molecular flexibility index (Phi) is 7.95. The number of likely N-dealkylation sites (tertiary alicyclic amines) is 1. The van der Waals surface area contributed by atoms with Gasteiger partial charge < -0.3 is 31.0 Å². The van der Waals surface area contributed by atoms with Crippen LogP contribution in [0.3, 0.4) is 0 Å². The van der Waals surface area contributed by atoms with E-state index in [-0.39, 0.29) is 23.1 Å². The standard InChI is InChI=1S/C22H22ClN5O7S/c1-22(2,20(33)34)35-27-16(14-10-36-21(24)26-14)17(29)25-13-9-28(18(13)30)15(19(31)32)7-11-3-5-12(8-23)6-4-11/h3-7,10,13H,8-9H2,1-2H3,(H2,24,26)(H,25,29)(H,31,32)(H,33,34)/b15-7+,27-16-. The average molecular weight is 536 g/mol. The zero-order valence-electron chi connectivity index (χ0n) is 19.1. The number of aromatic nitrogens is 1. The number of hydrogen-bond donors (Lipinski definition) is 4. The molecule has 1 saturated heterocycles. The lowest BCUT2D eigenvalue weighted by Crippen LogP contribution is -2.64. The number of hydrogen-bond acceptors (Lipinski definition) is 9. The van der Waals surface area contributed by atoms with E-state index in [2.05, 4.69) is 15.5 Å². The number of rotatable bonds is 10. The molecule has 0 saturated carbocycles. The number of oxime groups is 1. The van der Waals surface area contributed by atoms with Crippen LogP contribution in [0.15, 0.2) is 40.5 Å². The molecule has 3 rings (SSSR count). The van der Waals surface area contributed by atoms with Gasteiger partial charge in [-0.25, -0.2) is 14.6 Å². The molecule has 0 radical (unpaired) electrons. The summed E-state index contributed by atoms with van der Waals surface area (Å²) in [5, 5.41) is 26.5. The molecule has 36 heavy (non-hydrogen) atoms. The number of anilines is 1. The highest BCUT2D eigenvalue weighted by Crippen LogP contribution is 2.22. The molecule has 1 aromatic heterocycles. The van der Waals surface area contributed by atoms with Crippen molar-refractivity contribution in [1.82, 2.24) is 15.2 Å². The fourth-order valence-corrected chi connectivity index (χ4v) is 3.62. The number of thiazole rings is 1. The van der Waals surface area contributed by atoms with Crippen LogP contribution in [0.25, 0.3) is 6.08 Å². The maximum Gasteiger partial charge on any atom is 0.352 e. The number of β-lactam (4-membered cyclic amide) rings is 1. The van der Waals surface area contributed by atoms with Gasteiger partial charge in [-0.05, 0) is 31.1 Å². The van der Waals surface area contributed by atoms with E-state index in [0.717, 1.165) is 21.8 Å². The Bertz CT molecular complexity index is 1260. The number of nitrogens with zero attached hydrogens (tertiary/aromatic N) is 3. The van der Waals surface area contributed by atoms with E-state index in [1.165, 1.54) is 25.3 Å². The summed E-state index contributed by atoms with van der Waals surface area (Å²) >= 11 is 6.78. The summed E-state index contributed by atoms with van der Waals surface area (Å²) in [5.74, 6) is -3.87. The largest absolute Gasteiger partial charge is 0.478 e. The highest BCUT2D eigenvalue weighted by atomic mass is 35.5. The van der Waals surface area contributed by atoms with E-state index < -0.39 is 41.1 Å². The first-order valence-corrected chi connectivity index (χ1v) is 11.8. The smallest absolute Gasteiger partial charge is 0.352 e. The Labute approximate surface area is 214 Å². The highest BCUT2D eigenvalue weighted by Gasteiger charge is 2.42. The summed E-state index contributed by atoms with van der Waals surface area (Å²) in [7, 11) is 0. The van der Waals surface area contributed by atoms with Crippen LogP contribution in [-0.2, 0) is 29.9 Å². The lowest BCUT2D eigenvalue weighted by molar-refractivity contribution is -0.161. The second-order valence-electron chi connectivity index (χ2n) is 8.10. The first-order chi connectivity index (χ1) is 16.9. The molecule has 12 nitrogen and oxygen atoms in total. The van der Waals surface area contributed by atoms with Gasteiger partial charge in [0.15, 0.2) is 10.8 Å². The number of amides is 2. The maximum atomic E-state index is 12.9. The fourth-order valence-electron chi connectivity index (χ4n) is 2.89. The van der Waals surface area contributed by atoms with Crippen molar-refractivity contribution in [2.75, 3.05) is 12.3 Å². The van der Waals surface area contributed by atoms with Crippen LogP contribution in [0.4, 0.5) is 5.13 Å². The van der Waals surface area contributed by atoms with Gasteiger partial charge in [-0.3, -0.25) is 9.59 Å². The summed E-state index contributed by atoms with van der Waals surface area (Å²) in [4.78, 5) is 58.7. The molecule has 5 N–H and O–H groups in total. The minimum absolute atomic E-state index is 0.0198. The van der Waals surface area contributed by atoms with Crippen molar-refractivity contribution in [2.45, 2.75) is 31.4 Å². The van der Waals surface area contributed by atoms with Crippen LogP contribution in [-0.4, -0.2) is 67.7 Å². The van der Waals surface area contributed by atoms with Crippen molar-refractivity contribution < 1.29 is 34.2 Å². The number of carboxylic acids is 2. The molecule has 1 atom stereocenters. The third-order valence-corrected chi connectivity index (χ3v) is 6.02. The predicted octanol–water partition coefficient (Wildman–Crippen LogP) is 1.50. The summed E-state index contributed by atoms with van der Waals surface area (Å²) in [6, 6.07) is 5.77. The van der Waals surface area contributed by atoms with Crippen molar-refractivity contribution in [3.63, 3.8) is 0 Å². The van der Waals surface area contributed by atoms with E-state index in [9.17, 15) is 29.4 Å². The molecule has 1 aliphatic rings. The Morgan fingerprint density at radius 1 is 1.33 bits per heavy atom. The minimum atomic E-state index is -1.75. The van der Waals surface area contributed by atoms with Crippen LogP contribution in [0.5, 0.6) is 0 Å². The zero-order valence-corrected chi connectivity index (χ0v) is 20.7. The first kappa shape index (κ1) is 26.6. The molecule has 0 bridgehead atoms. The number of halogens is 1. The number of carbonyl (C=O) groups excluding carboxylic acids is 2. The Balaban J connectivity index is 1.76. The second kappa shape index (κ2) is 10.7. The molecule has 0 spiro atoms. The fraction of sp³-hybridized carbons (Fsp3) is 0.273. The van der Waals surface area contributed by atoms with Crippen molar-refractivity contribution >= 4 is 63.6 Å². The van der Waals surface area contributed by atoms with Gasteiger partial charge in [-0.1, -0.05) is 29.4 Å². The number of carbonyl (C=O) groups is 4. The molecule has 0 aliphatic carbocycles. The highest BCUT2D eigenvalue weighted by molar-refractivity contribution is 7.13. The van der Waals surface area contributed by atoms with Crippen molar-refractivity contribution in [3.8, 4) is 0 Å². The second-order valence-corrected chi connectivity index (χ2v) is 9.26. The quantitative estimate of drug-likeness (QED) is 0.115. The van der Waals surface area contributed by atoms with Crippen LogP contribution in [0.1, 0.15) is 30.7 Å². The number of nitrogen functional groups attached to an aromatic ring is 1. The molecular formula is C22H22ClN5O7S. The molecule has 1 aliphatic heterocycles. The normalized spacial score (nSPS) is 16.4. The van der Waals surface area contributed by atoms with E-state index in [1.54, 1.807) is 24.3 Å². The predicted molar refractivity (Wildman–Crippen MR) is 131 cm³/mol. The molecule has 1 fully saturated rings. The molecule has 2 aromatic rings. The first-order valence-electron chi connectivity index (χ1n) is 10.4. The third-order valence-electron chi connectivity index (χ3n) is 5.04. The van der Waals surface area contributed by atoms with Gasteiger partial charge in [0.25, 0.3) is 11.8 Å². The van der Waals surface area contributed by atoms with Crippen LogP contribution < -0.4 is 11.1 Å². The Morgan fingerprint density at radius 2 is 2.00 bits per heavy atom. The molecule has 1 unspecified atom stereocenters.